The predicted molar refractivity (Wildman–Crippen MR) is 124 cm³/mol. The molecule has 33 heavy (non-hydrogen) atoms. The zero-order valence-corrected chi connectivity index (χ0v) is 18.5. The number of rotatable bonds is 6. The Hall–Kier alpha value is -3.29. The van der Waals surface area contributed by atoms with Gasteiger partial charge in [0.2, 0.25) is 5.91 Å². The molecule has 1 amide bonds. The van der Waals surface area contributed by atoms with Crippen LogP contribution in [0.4, 0.5) is 0 Å². The van der Waals surface area contributed by atoms with Gasteiger partial charge in [-0.05, 0) is 36.2 Å². The first-order valence-corrected chi connectivity index (χ1v) is 11.4. The summed E-state index contributed by atoms with van der Waals surface area (Å²) in [7, 11) is 0. The van der Waals surface area contributed by atoms with Crippen molar-refractivity contribution in [1.29, 1.82) is 0 Å². The third kappa shape index (κ3) is 3.87. The fourth-order valence-electron chi connectivity index (χ4n) is 5.53. The fourth-order valence-corrected chi connectivity index (χ4v) is 5.53. The van der Waals surface area contributed by atoms with Crippen molar-refractivity contribution in [1.82, 2.24) is 19.8 Å². The van der Waals surface area contributed by atoms with Crippen molar-refractivity contribution in [2.75, 3.05) is 6.61 Å². The van der Waals surface area contributed by atoms with Gasteiger partial charge in [0.15, 0.2) is 0 Å². The molecule has 0 saturated carbocycles. The van der Waals surface area contributed by atoms with Gasteiger partial charge in [-0.1, -0.05) is 36.4 Å². The number of carbonyl (C=O) groups is 1. The minimum absolute atomic E-state index is 0.0681. The molecule has 0 spiro atoms. The van der Waals surface area contributed by atoms with Gasteiger partial charge in [0.05, 0.1) is 18.0 Å². The first-order valence-electron chi connectivity index (χ1n) is 11.4. The third-order valence-corrected chi connectivity index (χ3v) is 7.12. The van der Waals surface area contributed by atoms with E-state index in [-0.39, 0.29) is 42.1 Å². The number of pyridine rings is 2. The normalized spacial score (nSPS) is 24.8. The predicted octanol–water partition coefficient (Wildman–Crippen LogP) is 2.28. The molecule has 2 aliphatic rings. The maximum Gasteiger partial charge on any atom is 0.250 e. The summed E-state index contributed by atoms with van der Waals surface area (Å²) in [6.07, 6.45) is 3.52. The van der Waals surface area contributed by atoms with E-state index in [0.29, 0.717) is 13.1 Å². The molecule has 3 aromatic rings. The van der Waals surface area contributed by atoms with Gasteiger partial charge in [-0.3, -0.25) is 19.5 Å². The van der Waals surface area contributed by atoms with Gasteiger partial charge in [-0.25, -0.2) is 0 Å². The van der Waals surface area contributed by atoms with Gasteiger partial charge >= 0.3 is 0 Å². The maximum absolute atomic E-state index is 13.7. The fraction of sp³-hybridized carbons (Fsp3) is 0.346. The molecule has 0 radical (unpaired) electrons. The smallest absolute Gasteiger partial charge is 0.250 e. The van der Waals surface area contributed by atoms with Crippen molar-refractivity contribution >= 4 is 5.91 Å². The summed E-state index contributed by atoms with van der Waals surface area (Å²) in [5.41, 5.74) is 2.87. The zero-order valence-electron chi connectivity index (χ0n) is 18.5. The second-order valence-corrected chi connectivity index (χ2v) is 8.95. The van der Waals surface area contributed by atoms with Crippen LogP contribution >= 0.6 is 0 Å². The van der Waals surface area contributed by atoms with Gasteiger partial charge in [0.25, 0.3) is 5.56 Å². The average Bonchev–Trinajstić information content (AvgIpc) is 3.04. The lowest BCUT2D eigenvalue weighted by Gasteiger charge is -2.38. The number of hydrogen-bond donors (Lipinski definition) is 2. The largest absolute Gasteiger partial charge is 0.396 e. The van der Waals surface area contributed by atoms with Crippen LogP contribution < -0.4 is 10.9 Å². The Morgan fingerprint density at radius 1 is 1.12 bits per heavy atom. The average molecular weight is 445 g/mol. The van der Waals surface area contributed by atoms with Crippen molar-refractivity contribution < 1.29 is 9.90 Å². The van der Waals surface area contributed by atoms with Gasteiger partial charge in [-0.2, -0.15) is 0 Å². The number of nitrogens with one attached hydrogen (secondary N) is 1. The minimum Gasteiger partial charge on any atom is -0.396 e. The van der Waals surface area contributed by atoms with E-state index in [9.17, 15) is 14.7 Å². The zero-order chi connectivity index (χ0) is 22.9. The molecule has 2 aromatic heterocycles. The van der Waals surface area contributed by atoms with Crippen LogP contribution in [0.1, 0.15) is 35.8 Å². The molecule has 2 N–H and O–H groups in total. The highest BCUT2D eigenvalue weighted by atomic mass is 16.3. The van der Waals surface area contributed by atoms with E-state index in [1.54, 1.807) is 29.1 Å². The van der Waals surface area contributed by atoms with Crippen molar-refractivity contribution in [3.8, 4) is 0 Å². The lowest BCUT2D eigenvalue weighted by Crippen LogP contribution is -2.45. The lowest BCUT2D eigenvalue weighted by atomic mass is 9.86. The van der Waals surface area contributed by atoms with E-state index >= 15 is 0 Å². The number of aromatic nitrogens is 2. The second-order valence-electron chi connectivity index (χ2n) is 8.95. The standard InChI is InChI=1S/C26H28N4O3/c1-17(19-6-3-2-4-7-19)28-26(33)24-20(16-31)22-15-29-21(8-5-9-23(29)32)25(24)30(22)14-18-10-12-27-13-11-18/h2-13,17,20,22,24-25,31H,14-16H2,1H3,(H,28,33)/t17-,20-,22-,24+,25+/m1/s1. The van der Waals surface area contributed by atoms with Crippen LogP contribution in [0.3, 0.4) is 0 Å². The monoisotopic (exact) mass is 444 g/mol. The number of carbonyl (C=O) groups excluding carboxylic acids is 1. The minimum atomic E-state index is -0.469. The van der Waals surface area contributed by atoms with Crippen LogP contribution in [0.15, 0.2) is 77.9 Å². The molecule has 5 atom stereocenters. The molecule has 170 valence electrons. The molecule has 0 aliphatic carbocycles. The van der Waals surface area contributed by atoms with Crippen molar-refractivity contribution in [2.45, 2.75) is 38.1 Å². The Morgan fingerprint density at radius 2 is 1.88 bits per heavy atom. The molecule has 5 rings (SSSR count). The maximum atomic E-state index is 13.7. The van der Waals surface area contributed by atoms with E-state index in [2.05, 4.69) is 15.2 Å². The molecular weight excluding hydrogens is 416 g/mol. The molecule has 2 aliphatic heterocycles. The lowest BCUT2D eigenvalue weighted by molar-refractivity contribution is -0.128. The summed E-state index contributed by atoms with van der Waals surface area (Å²) in [5.74, 6) is -0.843. The Labute approximate surface area is 192 Å². The van der Waals surface area contributed by atoms with Crippen molar-refractivity contribution in [3.05, 3.63) is 100 Å². The van der Waals surface area contributed by atoms with Crippen LogP contribution in [0.5, 0.6) is 0 Å². The molecule has 1 saturated heterocycles. The summed E-state index contributed by atoms with van der Waals surface area (Å²) in [5, 5.41) is 13.6. The Bertz CT molecular complexity index is 1180. The van der Waals surface area contributed by atoms with E-state index < -0.39 is 5.92 Å². The first-order chi connectivity index (χ1) is 16.1. The Morgan fingerprint density at radius 3 is 2.61 bits per heavy atom. The quantitative estimate of drug-likeness (QED) is 0.609. The summed E-state index contributed by atoms with van der Waals surface area (Å²) < 4.78 is 1.77. The molecular formula is C26H28N4O3. The Balaban J connectivity index is 1.52. The van der Waals surface area contributed by atoms with E-state index in [4.69, 9.17) is 0 Å². The molecule has 0 unspecified atom stereocenters. The van der Waals surface area contributed by atoms with Gasteiger partial charge in [0.1, 0.15) is 0 Å². The van der Waals surface area contributed by atoms with Crippen molar-refractivity contribution in [2.24, 2.45) is 11.8 Å². The number of hydrogen-bond acceptors (Lipinski definition) is 5. The first kappa shape index (κ1) is 21.6. The number of amides is 1. The van der Waals surface area contributed by atoms with Crippen LogP contribution in [-0.4, -0.2) is 38.1 Å². The molecule has 7 heteroatoms. The van der Waals surface area contributed by atoms with E-state index in [1.165, 1.54) is 0 Å². The second kappa shape index (κ2) is 8.92. The number of benzene rings is 1. The summed E-state index contributed by atoms with van der Waals surface area (Å²) >= 11 is 0. The molecule has 1 aromatic carbocycles. The SMILES string of the molecule is C[C@@H](NC(=O)[C@H]1[C@H](CO)[C@H]2Cn3c(cccc3=O)[C@@H]1N2Cc1ccncc1)c1ccccc1. The van der Waals surface area contributed by atoms with Crippen LogP contribution in [0, 0.1) is 11.8 Å². The molecule has 4 heterocycles. The topological polar surface area (TPSA) is 87.5 Å². The van der Waals surface area contributed by atoms with Crippen LogP contribution in [0.25, 0.3) is 0 Å². The number of nitrogens with zero attached hydrogens (tertiary/aromatic N) is 3. The Kier molecular flexibility index (Phi) is 5.83. The number of aliphatic hydroxyl groups is 1. The summed E-state index contributed by atoms with van der Waals surface area (Å²) in [6, 6.07) is 18.4. The highest BCUT2D eigenvalue weighted by molar-refractivity contribution is 5.81. The number of aliphatic hydroxyl groups excluding tert-OH is 1. The number of fused-ring (bicyclic) bond motifs is 4. The highest BCUT2D eigenvalue weighted by Crippen LogP contribution is 2.49. The van der Waals surface area contributed by atoms with E-state index in [1.807, 2.05) is 55.5 Å². The van der Waals surface area contributed by atoms with Gasteiger partial charge in [0, 0.05) is 55.8 Å². The van der Waals surface area contributed by atoms with Crippen LogP contribution in [0.2, 0.25) is 0 Å². The van der Waals surface area contributed by atoms with Gasteiger partial charge in [-0.15, -0.1) is 0 Å². The van der Waals surface area contributed by atoms with Crippen LogP contribution in [-0.2, 0) is 17.9 Å². The summed E-state index contributed by atoms with van der Waals surface area (Å²) in [6.45, 7) is 2.93. The highest BCUT2D eigenvalue weighted by Gasteiger charge is 2.55. The molecule has 7 nitrogen and oxygen atoms in total. The van der Waals surface area contributed by atoms with E-state index in [0.717, 1.165) is 16.8 Å². The van der Waals surface area contributed by atoms with Crippen molar-refractivity contribution in [3.63, 3.8) is 0 Å². The summed E-state index contributed by atoms with van der Waals surface area (Å²) in [4.78, 5) is 32.7. The molecule has 1 fully saturated rings. The molecule has 2 bridgehead atoms. The third-order valence-electron chi connectivity index (χ3n) is 7.12. The van der Waals surface area contributed by atoms with Gasteiger partial charge < -0.3 is 15.0 Å².